The number of carbonyl (C=O) groups is 2. The zero-order chi connectivity index (χ0) is 22.2. The summed E-state index contributed by atoms with van der Waals surface area (Å²) < 4.78 is 6.76. The van der Waals surface area contributed by atoms with Crippen molar-refractivity contribution in [1.29, 1.82) is 0 Å². The minimum atomic E-state index is -1.27. The average molecular weight is 428 g/mol. The molecule has 2 aromatic rings. The number of hydrogen-bond donors (Lipinski definition) is 2. The molecule has 2 fully saturated rings. The molecule has 0 radical (unpaired) electrons. The zero-order valence-electron chi connectivity index (χ0n) is 18.6. The maximum atomic E-state index is 12.8. The first-order valence-corrected chi connectivity index (χ1v) is 11.3. The standard InChI is InChI=1S/C23H33N5O3/c1-14-4-6-16(7-5-14)20(24)18-13-28-19(26-18)9-8-17(27-28)12-23(22(30)31-3)15(2)10-11-25-21(23)29/h8-9,13-16,20H,4-7,10-12,24H2,1-3H3,(H,25,29)/t14?,15-,16?,20-,23-/m0/s1. The van der Waals surface area contributed by atoms with Gasteiger partial charge in [-0.3, -0.25) is 9.59 Å². The molecule has 4 rings (SSSR count). The first-order valence-electron chi connectivity index (χ1n) is 11.3. The van der Waals surface area contributed by atoms with Gasteiger partial charge in [0.2, 0.25) is 5.91 Å². The lowest BCUT2D eigenvalue weighted by molar-refractivity contribution is -0.165. The Morgan fingerprint density at radius 1 is 1.29 bits per heavy atom. The highest BCUT2D eigenvalue weighted by Gasteiger charge is 2.53. The second kappa shape index (κ2) is 8.57. The van der Waals surface area contributed by atoms with Crippen LogP contribution >= 0.6 is 0 Å². The predicted octanol–water partition coefficient (Wildman–Crippen LogP) is 2.41. The van der Waals surface area contributed by atoms with E-state index in [1.807, 2.05) is 25.3 Å². The number of carbonyl (C=O) groups excluding carboxylic acids is 2. The molecule has 2 aromatic heterocycles. The predicted molar refractivity (Wildman–Crippen MR) is 116 cm³/mol. The molecule has 1 aliphatic carbocycles. The van der Waals surface area contributed by atoms with Crippen LogP contribution in [0.15, 0.2) is 18.3 Å². The number of aromatic nitrogens is 3. The van der Waals surface area contributed by atoms with Gasteiger partial charge in [0, 0.05) is 13.0 Å². The summed E-state index contributed by atoms with van der Waals surface area (Å²) in [4.78, 5) is 30.2. The van der Waals surface area contributed by atoms with Crippen molar-refractivity contribution in [2.75, 3.05) is 13.7 Å². The van der Waals surface area contributed by atoms with Crippen molar-refractivity contribution in [2.45, 2.75) is 58.4 Å². The van der Waals surface area contributed by atoms with Crippen LogP contribution in [-0.2, 0) is 20.7 Å². The molecular formula is C23H33N5O3. The van der Waals surface area contributed by atoms with Crippen molar-refractivity contribution >= 4 is 17.5 Å². The fraction of sp³-hybridized carbons (Fsp3) is 0.652. The third kappa shape index (κ3) is 3.93. The number of hydrogen-bond acceptors (Lipinski definition) is 6. The highest BCUT2D eigenvalue weighted by molar-refractivity contribution is 6.03. The van der Waals surface area contributed by atoms with Gasteiger partial charge in [-0.25, -0.2) is 9.50 Å². The number of imidazole rings is 1. The van der Waals surface area contributed by atoms with Crippen LogP contribution in [0.1, 0.15) is 63.4 Å². The summed E-state index contributed by atoms with van der Waals surface area (Å²) >= 11 is 0. The maximum Gasteiger partial charge on any atom is 0.322 e. The van der Waals surface area contributed by atoms with Gasteiger partial charge < -0.3 is 15.8 Å². The topological polar surface area (TPSA) is 112 Å². The van der Waals surface area contributed by atoms with E-state index in [4.69, 9.17) is 15.5 Å². The number of rotatable bonds is 5. The van der Waals surface area contributed by atoms with E-state index in [1.54, 1.807) is 4.52 Å². The van der Waals surface area contributed by atoms with E-state index in [2.05, 4.69) is 17.3 Å². The van der Waals surface area contributed by atoms with Crippen LogP contribution < -0.4 is 11.1 Å². The highest BCUT2D eigenvalue weighted by Crippen LogP contribution is 2.38. The van der Waals surface area contributed by atoms with E-state index < -0.39 is 11.4 Å². The number of piperidine rings is 1. The van der Waals surface area contributed by atoms with Crippen LogP contribution in [0.4, 0.5) is 0 Å². The molecule has 8 heteroatoms. The summed E-state index contributed by atoms with van der Waals surface area (Å²) in [6.07, 6.45) is 7.47. The number of ether oxygens (including phenoxy) is 1. The summed E-state index contributed by atoms with van der Waals surface area (Å²) in [6, 6.07) is 3.60. The van der Waals surface area contributed by atoms with Gasteiger partial charge in [-0.1, -0.05) is 26.7 Å². The van der Waals surface area contributed by atoms with Crippen LogP contribution in [0.5, 0.6) is 0 Å². The Balaban J connectivity index is 1.60. The highest BCUT2D eigenvalue weighted by atomic mass is 16.5. The molecular weight excluding hydrogens is 394 g/mol. The van der Waals surface area contributed by atoms with Gasteiger partial charge in [-0.2, -0.15) is 5.10 Å². The van der Waals surface area contributed by atoms with Crippen molar-refractivity contribution in [3.63, 3.8) is 0 Å². The van der Waals surface area contributed by atoms with E-state index in [0.717, 1.165) is 24.5 Å². The van der Waals surface area contributed by atoms with Gasteiger partial charge >= 0.3 is 5.97 Å². The van der Waals surface area contributed by atoms with E-state index in [-0.39, 0.29) is 24.3 Å². The molecule has 0 spiro atoms. The van der Waals surface area contributed by atoms with E-state index >= 15 is 0 Å². The molecule has 0 unspecified atom stereocenters. The number of methoxy groups -OCH3 is 1. The Hall–Kier alpha value is -2.48. The summed E-state index contributed by atoms with van der Waals surface area (Å²) in [5.41, 5.74) is 7.49. The van der Waals surface area contributed by atoms with Gasteiger partial charge in [0.15, 0.2) is 11.1 Å². The maximum absolute atomic E-state index is 12.8. The van der Waals surface area contributed by atoms with E-state index in [0.29, 0.717) is 30.2 Å². The van der Waals surface area contributed by atoms with Crippen molar-refractivity contribution in [3.05, 3.63) is 29.7 Å². The summed E-state index contributed by atoms with van der Waals surface area (Å²) in [5.74, 6) is 0.260. The second-order valence-electron chi connectivity index (χ2n) is 9.42. The van der Waals surface area contributed by atoms with Gasteiger partial charge in [-0.05, 0) is 49.1 Å². The number of fused-ring (bicyclic) bond motifs is 1. The summed E-state index contributed by atoms with van der Waals surface area (Å²) in [7, 11) is 1.32. The molecule has 2 aliphatic rings. The van der Waals surface area contributed by atoms with Gasteiger partial charge in [0.25, 0.3) is 0 Å². The third-order valence-electron chi connectivity index (χ3n) is 7.42. The lowest BCUT2D eigenvalue weighted by Gasteiger charge is -2.38. The Kier molecular flexibility index (Phi) is 6.01. The molecule has 0 aromatic carbocycles. The lowest BCUT2D eigenvalue weighted by atomic mass is 9.68. The van der Waals surface area contributed by atoms with Crippen LogP contribution in [0.25, 0.3) is 5.65 Å². The molecule has 31 heavy (non-hydrogen) atoms. The first kappa shape index (κ1) is 21.7. The molecule has 8 nitrogen and oxygen atoms in total. The minimum absolute atomic E-state index is 0.108. The SMILES string of the molecule is COC(=O)[C@]1(Cc2ccc3nc([C@@H](N)C4CCC(C)CC4)cn3n2)C(=O)NCC[C@@H]1C. The van der Waals surface area contributed by atoms with Crippen molar-refractivity contribution < 1.29 is 14.3 Å². The molecule has 1 saturated carbocycles. The molecule has 1 saturated heterocycles. The normalized spacial score (nSPS) is 30.1. The smallest absolute Gasteiger partial charge is 0.322 e. The fourth-order valence-electron chi connectivity index (χ4n) is 5.20. The van der Waals surface area contributed by atoms with Crippen molar-refractivity contribution in [2.24, 2.45) is 28.9 Å². The molecule has 1 amide bonds. The largest absolute Gasteiger partial charge is 0.468 e. The van der Waals surface area contributed by atoms with Crippen LogP contribution in [0.3, 0.4) is 0 Å². The second-order valence-corrected chi connectivity index (χ2v) is 9.42. The van der Waals surface area contributed by atoms with Crippen molar-refractivity contribution in [1.82, 2.24) is 19.9 Å². The van der Waals surface area contributed by atoms with Crippen molar-refractivity contribution in [3.8, 4) is 0 Å². The quantitative estimate of drug-likeness (QED) is 0.560. The lowest BCUT2D eigenvalue weighted by Crippen LogP contribution is -2.57. The molecule has 168 valence electrons. The third-order valence-corrected chi connectivity index (χ3v) is 7.42. The molecule has 0 bridgehead atoms. The van der Waals surface area contributed by atoms with Crippen LogP contribution in [0.2, 0.25) is 0 Å². The molecule has 1 aliphatic heterocycles. The molecule has 3 N–H and O–H groups in total. The van der Waals surface area contributed by atoms with Gasteiger partial charge in [-0.15, -0.1) is 0 Å². The van der Waals surface area contributed by atoms with Crippen LogP contribution in [-0.4, -0.2) is 40.1 Å². The van der Waals surface area contributed by atoms with E-state index in [1.165, 1.54) is 20.0 Å². The van der Waals surface area contributed by atoms with Gasteiger partial charge in [0.1, 0.15) is 0 Å². The Morgan fingerprint density at radius 2 is 2.03 bits per heavy atom. The number of nitrogens with zero attached hydrogens (tertiary/aromatic N) is 3. The summed E-state index contributed by atoms with van der Waals surface area (Å²) in [6.45, 7) is 4.79. The molecule has 3 atom stereocenters. The Morgan fingerprint density at radius 3 is 2.71 bits per heavy atom. The molecule has 3 heterocycles. The Bertz CT molecular complexity index is 955. The van der Waals surface area contributed by atoms with E-state index in [9.17, 15) is 9.59 Å². The first-order chi connectivity index (χ1) is 14.8. The minimum Gasteiger partial charge on any atom is -0.468 e. The number of nitrogens with one attached hydrogen (secondary N) is 1. The summed E-state index contributed by atoms with van der Waals surface area (Å²) in [5, 5.41) is 7.50. The van der Waals surface area contributed by atoms with Gasteiger partial charge in [0.05, 0.1) is 30.7 Å². The zero-order valence-corrected chi connectivity index (χ0v) is 18.6. The van der Waals surface area contributed by atoms with Crippen LogP contribution in [0, 0.1) is 23.2 Å². The average Bonchev–Trinajstić information content (AvgIpc) is 3.19. The Labute approximate surface area is 182 Å². The monoisotopic (exact) mass is 427 g/mol. The number of nitrogens with two attached hydrogens (primary N) is 1. The fourth-order valence-corrected chi connectivity index (χ4v) is 5.20. The number of amides is 1. The number of esters is 1.